The van der Waals surface area contributed by atoms with Crippen molar-refractivity contribution in [2.75, 3.05) is 39.4 Å². The molecule has 0 radical (unpaired) electrons. The molecule has 5 N–H and O–H groups in total. The first-order chi connectivity index (χ1) is 18.3. The third-order valence-corrected chi connectivity index (χ3v) is 6.68. The Balaban J connectivity index is 1.75. The number of esters is 1. The lowest BCUT2D eigenvalue weighted by molar-refractivity contribution is -0.315. The van der Waals surface area contributed by atoms with E-state index in [0.29, 0.717) is 0 Å². The molecule has 14 nitrogen and oxygen atoms in total. The first-order valence-electron chi connectivity index (χ1n) is 13.3. The summed E-state index contributed by atoms with van der Waals surface area (Å²) in [6, 6.07) is 0. The molecule has 3 heterocycles. The van der Waals surface area contributed by atoms with Crippen LogP contribution in [-0.4, -0.2) is 143 Å². The molecule has 8 atom stereocenters. The highest BCUT2D eigenvalue weighted by atomic mass is 16.7. The van der Waals surface area contributed by atoms with Gasteiger partial charge in [0.15, 0.2) is 18.7 Å². The molecule has 3 fully saturated rings. The van der Waals surface area contributed by atoms with Crippen LogP contribution in [0.3, 0.4) is 0 Å². The summed E-state index contributed by atoms with van der Waals surface area (Å²) < 4.78 is 22.1. The Hall–Kier alpha value is -1.91. The normalized spacial score (nSPS) is 31.5. The van der Waals surface area contributed by atoms with Gasteiger partial charge in [-0.15, -0.1) is 0 Å². The molecular weight excluding hydrogens is 504 g/mol. The van der Waals surface area contributed by atoms with Crippen molar-refractivity contribution >= 4 is 18.4 Å². The van der Waals surface area contributed by atoms with Gasteiger partial charge in [-0.3, -0.25) is 14.8 Å². The van der Waals surface area contributed by atoms with Crippen LogP contribution < -0.4 is 0 Å². The predicted octanol–water partition coefficient (Wildman–Crippen LogP) is -1.62. The summed E-state index contributed by atoms with van der Waals surface area (Å²) in [5.41, 5.74) is 0. The first kappa shape index (κ1) is 30.6. The molecule has 0 spiro atoms. The maximum absolute atomic E-state index is 11.5. The third-order valence-electron chi connectivity index (χ3n) is 6.68. The smallest absolute Gasteiger partial charge is 0.303 e. The number of hydrogen-bond acceptors (Lipinski definition) is 14. The summed E-state index contributed by atoms with van der Waals surface area (Å²) in [6.45, 7) is 2.91. The minimum absolute atomic E-state index is 0.590. The Bertz CT molecular complexity index is 762. The van der Waals surface area contributed by atoms with Crippen LogP contribution in [0.4, 0.5) is 0 Å². The van der Waals surface area contributed by atoms with Crippen molar-refractivity contribution in [1.82, 2.24) is 10.0 Å². The lowest BCUT2D eigenvalue weighted by Gasteiger charge is -2.42. The van der Waals surface area contributed by atoms with E-state index in [1.54, 1.807) is 0 Å². The zero-order chi connectivity index (χ0) is 27.5. The van der Waals surface area contributed by atoms with Crippen molar-refractivity contribution < 1.29 is 49.3 Å². The number of carbonyl (C=O) groups is 1. The average Bonchev–Trinajstić information content (AvgIpc) is 2.93. The summed E-state index contributed by atoms with van der Waals surface area (Å²) in [4.78, 5) is 11.5. The number of hydrogen-bond donors (Lipinski definition) is 5. The van der Waals surface area contributed by atoms with Crippen molar-refractivity contribution in [3.63, 3.8) is 0 Å². The van der Waals surface area contributed by atoms with Gasteiger partial charge in [-0.05, 0) is 38.5 Å². The van der Waals surface area contributed by atoms with Gasteiger partial charge in [0.1, 0.15) is 30.5 Å². The van der Waals surface area contributed by atoms with E-state index in [0.717, 1.165) is 71.6 Å². The molecule has 0 aromatic rings. The Morgan fingerprint density at radius 2 is 1.55 bits per heavy atom. The highest BCUT2D eigenvalue weighted by Gasteiger charge is 2.48. The second kappa shape index (κ2) is 15.6. The van der Waals surface area contributed by atoms with E-state index in [4.69, 9.17) is 18.9 Å². The molecular formula is C24H42N4O10. The molecule has 0 aliphatic carbocycles. The molecule has 3 aliphatic rings. The van der Waals surface area contributed by atoms with Gasteiger partial charge in [0, 0.05) is 33.1 Å². The topological polar surface area (TPSA) is 186 Å². The number of nitrogens with zero attached hydrogens (tertiary/aromatic N) is 4. The van der Waals surface area contributed by atoms with Crippen molar-refractivity contribution in [2.24, 2.45) is 10.2 Å². The van der Waals surface area contributed by atoms with Gasteiger partial charge < -0.3 is 44.5 Å². The highest BCUT2D eigenvalue weighted by molar-refractivity contribution is 5.66. The zero-order valence-corrected chi connectivity index (χ0v) is 21.8. The van der Waals surface area contributed by atoms with Gasteiger partial charge in [-0.2, -0.15) is 10.2 Å². The van der Waals surface area contributed by atoms with Crippen molar-refractivity contribution in [3.8, 4) is 0 Å². The molecule has 3 aliphatic heterocycles. The molecule has 3 rings (SSSR count). The lowest BCUT2D eigenvalue weighted by Crippen LogP contribution is -2.61. The second-order valence-corrected chi connectivity index (χ2v) is 9.69. The molecule has 0 bridgehead atoms. The van der Waals surface area contributed by atoms with Gasteiger partial charge in [0.05, 0.1) is 25.6 Å². The molecule has 38 heavy (non-hydrogen) atoms. The van der Waals surface area contributed by atoms with E-state index in [1.165, 1.54) is 12.4 Å². The van der Waals surface area contributed by atoms with E-state index >= 15 is 0 Å². The van der Waals surface area contributed by atoms with Crippen LogP contribution in [-0.2, 0) is 23.7 Å². The Morgan fingerprint density at radius 3 is 2.08 bits per heavy atom. The quantitative estimate of drug-likeness (QED) is 0.107. The summed E-state index contributed by atoms with van der Waals surface area (Å²) in [5, 5.41) is 63.7. The average molecular weight is 547 g/mol. The van der Waals surface area contributed by atoms with Crippen LogP contribution in [0.1, 0.15) is 45.4 Å². The van der Waals surface area contributed by atoms with Crippen LogP contribution in [0.5, 0.6) is 0 Å². The van der Waals surface area contributed by atoms with Gasteiger partial charge in [0.25, 0.3) is 0 Å². The number of piperidine rings is 2. The Morgan fingerprint density at radius 1 is 0.974 bits per heavy atom. The summed E-state index contributed by atoms with van der Waals surface area (Å²) in [6.07, 6.45) is -2.24. The molecule has 0 unspecified atom stereocenters. The van der Waals surface area contributed by atoms with Crippen LogP contribution >= 0.6 is 0 Å². The monoisotopic (exact) mass is 546 g/mol. The highest BCUT2D eigenvalue weighted by Crippen LogP contribution is 2.26. The number of aliphatic hydroxyl groups is 5. The van der Waals surface area contributed by atoms with E-state index in [9.17, 15) is 30.3 Å². The molecule has 0 amide bonds. The van der Waals surface area contributed by atoms with E-state index in [1.807, 2.05) is 10.0 Å². The summed E-state index contributed by atoms with van der Waals surface area (Å²) >= 11 is 0. The summed E-state index contributed by atoms with van der Waals surface area (Å²) in [7, 11) is 0. The number of rotatable bonds is 12. The van der Waals surface area contributed by atoms with Gasteiger partial charge in [-0.25, -0.2) is 0 Å². The number of aliphatic hydroxyl groups excluding tert-OH is 5. The first-order valence-corrected chi connectivity index (χ1v) is 13.3. The minimum Gasteiger partial charge on any atom is -0.457 e. The van der Waals surface area contributed by atoms with Crippen LogP contribution in [0.2, 0.25) is 0 Å². The predicted molar refractivity (Wildman–Crippen MR) is 134 cm³/mol. The number of hydrazone groups is 2. The molecule has 0 aromatic carbocycles. The van der Waals surface area contributed by atoms with Gasteiger partial charge in [0.2, 0.25) is 0 Å². The van der Waals surface area contributed by atoms with Gasteiger partial charge >= 0.3 is 5.97 Å². The number of ether oxygens (including phenoxy) is 4. The molecule has 14 heteroatoms. The molecule has 0 aromatic heterocycles. The fourth-order valence-corrected chi connectivity index (χ4v) is 4.61. The van der Waals surface area contributed by atoms with Crippen LogP contribution in [0, 0.1) is 0 Å². The fourth-order valence-electron chi connectivity index (χ4n) is 4.61. The second-order valence-electron chi connectivity index (χ2n) is 9.69. The molecule has 218 valence electrons. The van der Waals surface area contributed by atoms with Gasteiger partial charge in [-0.1, -0.05) is 0 Å². The number of carbonyl (C=O) groups excluding carboxylic acids is 1. The van der Waals surface area contributed by atoms with Crippen LogP contribution in [0.15, 0.2) is 10.2 Å². The van der Waals surface area contributed by atoms with Crippen LogP contribution in [0.25, 0.3) is 0 Å². The lowest BCUT2D eigenvalue weighted by atomic mass is 9.99. The maximum atomic E-state index is 11.5. The van der Waals surface area contributed by atoms with E-state index in [-0.39, 0.29) is 0 Å². The maximum Gasteiger partial charge on any atom is 0.303 e. The minimum atomic E-state index is -1.63. The Labute approximate surface area is 222 Å². The molecule has 0 saturated carbocycles. The zero-order valence-electron chi connectivity index (χ0n) is 21.8. The third kappa shape index (κ3) is 9.09. The SMILES string of the molecule is CC(=O)O[C@H]1[C@@H](O)[C@@H](CO)O[C@@H](O[C@@H](/C=N/N2CCCCC2)[C@H](CO)O[C@H](O)/C=N\N2CCCCC2)[C@@H]1O. The van der Waals surface area contributed by atoms with Crippen molar-refractivity contribution in [2.45, 2.75) is 94.7 Å². The Kier molecular flexibility index (Phi) is 12.6. The van der Waals surface area contributed by atoms with Crippen molar-refractivity contribution in [3.05, 3.63) is 0 Å². The molecule has 3 saturated heterocycles. The van der Waals surface area contributed by atoms with Crippen molar-refractivity contribution in [1.29, 1.82) is 0 Å². The fraction of sp³-hybridized carbons (Fsp3) is 0.875. The summed E-state index contributed by atoms with van der Waals surface area (Å²) in [5.74, 6) is -0.749. The van der Waals surface area contributed by atoms with E-state index in [2.05, 4.69) is 10.2 Å². The van der Waals surface area contributed by atoms with E-state index < -0.39 is 68.4 Å². The largest absolute Gasteiger partial charge is 0.457 e. The standard InChI is InChI=1S/C24H42N4O10/c1-16(31)35-23-21(33)19(15-30)38-24(22(23)34)37-17(12-25-27-8-4-2-5-9-27)18(14-29)36-20(32)13-26-28-10-6-3-7-11-28/h12-13,17-24,29-30,32-34H,2-11,14-15H2,1H3/b25-12+,26-13-/t17-,18-,19+,20-,21-,22+,23-,24+/m0/s1.